The Bertz CT molecular complexity index is 1390. The van der Waals surface area contributed by atoms with Gasteiger partial charge in [-0.15, -0.1) is 24.9 Å². The average molecular weight is 617 g/mol. The SMILES string of the molecule is C=CCCCCOC(=O)[C@@H]1[C@@H]2CC(C)C3(S2)C(C(=O)N(CC=C)c2c(C)cccc2C)N([C@H](CO)c2ccccc2)C(=O)[C@H]13. The van der Waals surface area contributed by atoms with Gasteiger partial charge in [-0.1, -0.05) is 67.6 Å². The van der Waals surface area contributed by atoms with Crippen LogP contribution in [0.5, 0.6) is 0 Å². The molecule has 2 aromatic carbocycles. The van der Waals surface area contributed by atoms with Crippen molar-refractivity contribution in [3.63, 3.8) is 0 Å². The minimum Gasteiger partial charge on any atom is -0.465 e. The van der Waals surface area contributed by atoms with Crippen molar-refractivity contribution in [1.29, 1.82) is 0 Å². The van der Waals surface area contributed by atoms with Gasteiger partial charge in [-0.3, -0.25) is 14.4 Å². The topological polar surface area (TPSA) is 87.2 Å². The monoisotopic (exact) mass is 616 g/mol. The third-order valence-corrected chi connectivity index (χ3v) is 11.8. The number of rotatable bonds is 13. The number of nitrogens with zero attached hydrogens (tertiary/aromatic N) is 2. The highest BCUT2D eigenvalue weighted by molar-refractivity contribution is 8.02. The summed E-state index contributed by atoms with van der Waals surface area (Å²) in [6.45, 7) is 14.0. The fraction of sp³-hybridized carbons (Fsp3) is 0.472. The highest BCUT2D eigenvalue weighted by Gasteiger charge is 2.77. The van der Waals surface area contributed by atoms with E-state index >= 15 is 4.79 Å². The first-order valence-corrected chi connectivity index (χ1v) is 16.5. The van der Waals surface area contributed by atoms with Crippen LogP contribution in [0.4, 0.5) is 5.69 Å². The van der Waals surface area contributed by atoms with Crippen LogP contribution in [0, 0.1) is 31.6 Å². The van der Waals surface area contributed by atoms with E-state index in [1.54, 1.807) is 27.6 Å². The van der Waals surface area contributed by atoms with Crippen molar-refractivity contribution in [1.82, 2.24) is 4.90 Å². The van der Waals surface area contributed by atoms with Gasteiger partial charge < -0.3 is 19.6 Å². The quantitative estimate of drug-likeness (QED) is 0.174. The van der Waals surface area contributed by atoms with Gasteiger partial charge in [0.2, 0.25) is 5.91 Å². The molecule has 44 heavy (non-hydrogen) atoms. The van der Waals surface area contributed by atoms with E-state index in [2.05, 4.69) is 20.1 Å². The number of likely N-dealkylation sites (tertiary alicyclic amines) is 1. The number of aliphatic hydroxyl groups excluding tert-OH is 1. The number of benzene rings is 2. The Morgan fingerprint density at radius 2 is 1.82 bits per heavy atom. The van der Waals surface area contributed by atoms with Crippen LogP contribution in [0.2, 0.25) is 0 Å². The number of amides is 2. The number of carbonyl (C=O) groups excluding carboxylic acids is 3. The molecule has 0 saturated carbocycles. The Morgan fingerprint density at radius 3 is 2.45 bits per heavy atom. The summed E-state index contributed by atoms with van der Waals surface area (Å²) in [6, 6.07) is 13.6. The number of carbonyl (C=O) groups is 3. The molecule has 3 saturated heterocycles. The standard InChI is InChI=1S/C36H44N2O5S/c1-6-8-9-13-20-43-35(42)29-28-21-25(5)36(44-28)30(29)33(40)38(27(22-39)26-17-11-10-12-18-26)32(36)34(41)37(19-7-2)31-23(3)15-14-16-24(31)4/h6-7,10-12,14-18,25,27-30,32,39H,1-2,8-9,13,19-22H2,3-5H3/t25?,27-,28+,29-,30+,32?,36?/m1/s1. The Balaban J connectivity index is 1.61. The lowest BCUT2D eigenvalue weighted by atomic mass is 9.66. The molecule has 3 aliphatic heterocycles. The van der Waals surface area contributed by atoms with Crippen LogP contribution in [-0.4, -0.2) is 63.6 Å². The summed E-state index contributed by atoms with van der Waals surface area (Å²) < 4.78 is 4.94. The summed E-state index contributed by atoms with van der Waals surface area (Å²) in [5.74, 6) is -2.23. The van der Waals surface area contributed by atoms with Crippen LogP contribution in [0.25, 0.3) is 0 Å². The first kappa shape index (κ1) is 32.0. The van der Waals surface area contributed by atoms with E-state index in [9.17, 15) is 14.7 Å². The van der Waals surface area contributed by atoms with E-state index in [1.807, 2.05) is 68.5 Å². The number of aryl methyl sites for hydroxylation is 2. The minimum absolute atomic E-state index is 0.0132. The van der Waals surface area contributed by atoms with Crippen molar-refractivity contribution in [3.05, 3.63) is 90.5 Å². The van der Waals surface area contributed by atoms with Gasteiger partial charge in [0.15, 0.2) is 0 Å². The second-order valence-corrected chi connectivity index (χ2v) is 13.9. The average Bonchev–Trinajstić information content (AvgIpc) is 3.61. The zero-order valence-electron chi connectivity index (χ0n) is 26.0. The van der Waals surface area contributed by atoms with Crippen LogP contribution >= 0.6 is 11.8 Å². The molecule has 2 bridgehead atoms. The summed E-state index contributed by atoms with van der Waals surface area (Å²) in [4.78, 5) is 47.0. The number of ether oxygens (including phenoxy) is 1. The lowest BCUT2D eigenvalue weighted by molar-refractivity contribution is -0.155. The fourth-order valence-corrected chi connectivity index (χ4v) is 10.2. The molecule has 3 unspecified atom stereocenters. The number of esters is 1. The zero-order valence-corrected chi connectivity index (χ0v) is 26.8. The highest BCUT2D eigenvalue weighted by Crippen LogP contribution is 2.69. The Morgan fingerprint density at radius 1 is 1.11 bits per heavy atom. The number of thioether (sulfide) groups is 1. The van der Waals surface area contributed by atoms with Crippen molar-refractivity contribution < 1.29 is 24.2 Å². The van der Waals surface area contributed by atoms with Crippen molar-refractivity contribution in [2.24, 2.45) is 17.8 Å². The normalized spacial score (nSPS) is 27.6. The number of aliphatic hydroxyl groups is 1. The van der Waals surface area contributed by atoms with Crippen molar-refractivity contribution >= 4 is 35.2 Å². The number of para-hydroxylation sites is 1. The lowest BCUT2D eigenvalue weighted by Gasteiger charge is -2.42. The molecule has 3 heterocycles. The summed E-state index contributed by atoms with van der Waals surface area (Å²) >= 11 is 1.62. The maximum absolute atomic E-state index is 15.1. The Labute approximate surface area is 265 Å². The molecule has 234 valence electrons. The van der Waals surface area contributed by atoms with Gasteiger partial charge in [-0.2, -0.15) is 0 Å². The van der Waals surface area contributed by atoms with E-state index in [-0.39, 0.29) is 42.1 Å². The largest absolute Gasteiger partial charge is 0.465 e. The first-order valence-electron chi connectivity index (χ1n) is 15.6. The maximum Gasteiger partial charge on any atom is 0.310 e. The van der Waals surface area contributed by atoms with E-state index in [0.29, 0.717) is 13.0 Å². The van der Waals surface area contributed by atoms with Gasteiger partial charge in [0.1, 0.15) is 6.04 Å². The van der Waals surface area contributed by atoms with Crippen LogP contribution in [0.1, 0.15) is 55.3 Å². The molecule has 0 radical (unpaired) electrons. The van der Waals surface area contributed by atoms with Crippen LogP contribution in [0.15, 0.2) is 73.8 Å². The van der Waals surface area contributed by atoms with Gasteiger partial charge in [0, 0.05) is 17.5 Å². The number of hydrogen-bond acceptors (Lipinski definition) is 6. The van der Waals surface area contributed by atoms with Crippen LogP contribution in [-0.2, 0) is 19.1 Å². The number of unbranched alkanes of at least 4 members (excludes halogenated alkanes) is 2. The van der Waals surface area contributed by atoms with Crippen LogP contribution in [0.3, 0.4) is 0 Å². The van der Waals surface area contributed by atoms with Gasteiger partial charge in [-0.05, 0) is 62.1 Å². The molecule has 3 aliphatic rings. The molecular formula is C36H44N2O5S. The smallest absolute Gasteiger partial charge is 0.310 e. The molecule has 2 amide bonds. The number of hydrogen-bond donors (Lipinski definition) is 1. The Kier molecular flexibility index (Phi) is 9.71. The molecule has 1 N–H and O–H groups in total. The number of allylic oxidation sites excluding steroid dienone is 1. The van der Waals surface area contributed by atoms with Gasteiger partial charge in [0.25, 0.3) is 5.91 Å². The second kappa shape index (κ2) is 13.3. The number of fused-ring (bicyclic) bond motifs is 1. The predicted octanol–water partition coefficient (Wildman–Crippen LogP) is 5.79. The summed E-state index contributed by atoms with van der Waals surface area (Å²) in [5.41, 5.74) is 3.43. The first-order chi connectivity index (χ1) is 21.2. The van der Waals surface area contributed by atoms with Gasteiger partial charge in [-0.25, -0.2) is 0 Å². The summed E-state index contributed by atoms with van der Waals surface area (Å²) in [6.07, 6.45) is 6.71. The van der Waals surface area contributed by atoms with E-state index in [0.717, 1.165) is 41.6 Å². The third kappa shape index (κ3) is 5.30. The molecule has 3 fully saturated rings. The van der Waals surface area contributed by atoms with Crippen LogP contribution < -0.4 is 4.90 Å². The molecule has 0 aromatic heterocycles. The molecule has 7 atom stereocenters. The van der Waals surface area contributed by atoms with E-state index < -0.39 is 28.7 Å². The van der Waals surface area contributed by atoms with E-state index in [1.165, 1.54) is 0 Å². The molecule has 1 spiro atoms. The minimum atomic E-state index is -0.897. The summed E-state index contributed by atoms with van der Waals surface area (Å²) in [5, 5.41) is 10.7. The predicted molar refractivity (Wildman–Crippen MR) is 175 cm³/mol. The molecular weight excluding hydrogens is 572 g/mol. The number of anilines is 1. The lowest BCUT2D eigenvalue weighted by Crippen LogP contribution is -2.58. The molecule has 8 heteroatoms. The van der Waals surface area contributed by atoms with Gasteiger partial charge >= 0.3 is 5.97 Å². The molecule has 0 aliphatic carbocycles. The zero-order chi connectivity index (χ0) is 31.6. The summed E-state index contributed by atoms with van der Waals surface area (Å²) in [7, 11) is 0. The molecule has 2 aromatic rings. The third-order valence-electron chi connectivity index (χ3n) is 9.72. The van der Waals surface area contributed by atoms with Gasteiger partial charge in [0.05, 0.1) is 35.8 Å². The maximum atomic E-state index is 15.1. The van der Waals surface area contributed by atoms with Crippen molar-refractivity contribution in [2.45, 2.75) is 68.5 Å². The van der Waals surface area contributed by atoms with Crippen molar-refractivity contribution in [2.75, 3.05) is 24.7 Å². The Hall–Kier alpha value is -3.36. The highest BCUT2D eigenvalue weighted by atomic mass is 32.2. The van der Waals surface area contributed by atoms with Crippen molar-refractivity contribution in [3.8, 4) is 0 Å². The van der Waals surface area contributed by atoms with E-state index in [4.69, 9.17) is 4.74 Å². The fourth-order valence-electron chi connectivity index (χ4n) is 7.83. The second-order valence-electron chi connectivity index (χ2n) is 12.3. The molecule has 7 nitrogen and oxygen atoms in total. The molecule has 5 rings (SSSR count).